The Hall–Kier alpha value is -2.60. The van der Waals surface area contributed by atoms with E-state index in [0.717, 1.165) is 17.4 Å². The molecular weight excluding hydrogens is 404 g/mol. The van der Waals surface area contributed by atoms with Gasteiger partial charge in [-0.1, -0.05) is 92.2 Å². The lowest BCUT2D eigenvalue weighted by molar-refractivity contribution is -0.119. The van der Waals surface area contributed by atoms with Crippen LogP contribution in [0.3, 0.4) is 0 Å². The molecule has 1 saturated carbocycles. The quantitative estimate of drug-likeness (QED) is 0.522. The van der Waals surface area contributed by atoms with Crippen molar-refractivity contribution >= 4 is 17.7 Å². The molecule has 5 nitrogen and oxygen atoms in total. The zero-order valence-corrected chi connectivity index (χ0v) is 18.9. The molecule has 1 aliphatic rings. The maximum atomic E-state index is 12.6. The fourth-order valence-electron chi connectivity index (χ4n) is 4.17. The monoisotopic (exact) mass is 434 g/mol. The topological polar surface area (TPSA) is 59.8 Å². The van der Waals surface area contributed by atoms with Crippen molar-refractivity contribution < 1.29 is 4.79 Å². The fourth-order valence-corrected chi connectivity index (χ4v) is 4.94. The van der Waals surface area contributed by atoms with E-state index in [-0.39, 0.29) is 5.91 Å². The van der Waals surface area contributed by atoms with Gasteiger partial charge in [0, 0.05) is 12.5 Å². The van der Waals surface area contributed by atoms with E-state index in [4.69, 9.17) is 0 Å². The molecule has 0 spiro atoms. The largest absolute Gasteiger partial charge is 0.352 e. The summed E-state index contributed by atoms with van der Waals surface area (Å²) in [5.41, 5.74) is 2.39. The first-order valence-electron chi connectivity index (χ1n) is 11.1. The SMILES string of the molecule is C[C@H]1CCCC[C@@H]1NC(=O)CSc1nnc(Cc2ccccc2)n1Cc1ccccc1. The van der Waals surface area contributed by atoms with Crippen LogP contribution in [-0.4, -0.2) is 32.5 Å². The number of aromatic nitrogens is 3. The van der Waals surface area contributed by atoms with E-state index in [2.05, 4.69) is 51.3 Å². The second-order valence-corrected chi connectivity index (χ2v) is 9.30. The second-order valence-electron chi connectivity index (χ2n) is 8.36. The molecule has 1 amide bonds. The third-order valence-electron chi connectivity index (χ3n) is 5.97. The van der Waals surface area contributed by atoms with Crippen molar-refractivity contribution in [2.24, 2.45) is 5.92 Å². The van der Waals surface area contributed by atoms with Gasteiger partial charge in [0.05, 0.1) is 12.3 Å². The molecule has 0 radical (unpaired) electrons. The Morgan fingerprint density at radius 1 is 1.00 bits per heavy atom. The molecule has 4 rings (SSSR count). The summed E-state index contributed by atoms with van der Waals surface area (Å²) in [6, 6.07) is 20.9. The van der Waals surface area contributed by atoms with Crippen molar-refractivity contribution in [3.63, 3.8) is 0 Å². The van der Waals surface area contributed by atoms with E-state index in [1.54, 1.807) is 0 Å². The van der Waals surface area contributed by atoms with Crippen LogP contribution in [0.5, 0.6) is 0 Å². The van der Waals surface area contributed by atoms with Crippen molar-refractivity contribution in [1.29, 1.82) is 0 Å². The number of benzene rings is 2. The third-order valence-corrected chi connectivity index (χ3v) is 6.94. The van der Waals surface area contributed by atoms with Gasteiger partial charge in [-0.25, -0.2) is 0 Å². The van der Waals surface area contributed by atoms with E-state index >= 15 is 0 Å². The van der Waals surface area contributed by atoms with Crippen molar-refractivity contribution in [2.75, 3.05) is 5.75 Å². The Labute approximate surface area is 188 Å². The molecule has 3 aromatic rings. The number of carbonyl (C=O) groups is 1. The molecule has 0 saturated heterocycles. The number of thioether (sulfide) groups is 1. The van der Waals surface area contributed by atoms with Crippen LogP contribution in [0.1, 0.15) is 49.6 Å². The Bertz CT molecular complexity index is 974. The summed E-state index contributed by atoms with van der Waals surface area (Å²) in [4.78, 5) is 12.6. The van der Waals surface area contributed by atoms with E-state index in [9.17, 15) is 4.79 Å². The summed E-state index contributed by atoms with van der Waals surface area (Å²) in [7, 11) is 0. The van der Waals surface area contributed by atoms with Gasteiger partial charge in [0.25, 0.3) is 0 Å². The van der Waals surface area contributed by atoms with E-state index in [0.29, 0.717) is 30.7 Å². The number of nitrogens with zero attached hydrogens (tertiary/aromatic N) is 3. The van der Waals surface area contributed by atoms with Crippen molar-refractivity contribution in [3.8, 4) is 0 Å². The van der Waals surface area contributed by atoms with Crippen LogP contribution in [0.4, 0.5) is 0 Å². The highest BCUT2D eigenvalue weighted by molar-refractivity contribution is 7.99. The molecule has 1 heterocycles. The maximum absolute atomic E-state index is 12.6. The first kappa shape index (κ1) is 21.6. The molecule has 1 aromatic heterocycles. The van der Waals surface area contributed by atoms with E-state index in [1.165, 1.54) is 42.2 Å². The highest BCUT2D eigenvalue weighted by atomic mass is 32.2. The second kappa shape index (κ2) is 10.6. The van der Waals surface area contributed by atoms with Gasteiger partial charge in [-0.3, -0.25) is 4.79 Å². The summed E-state index contributed by atoms with van der Waals surface area (Å²) >= 11 is 1.47. The highest BCUT2D eigenvalue weighted by Gasteiger charge is 2.23. The zero-order chi connectivity index (χ0) is 21.5. The Morgan fingerprint density at radius 3 is 2.39 bits per heavy atom. The van der Waals surface area contributed by atoms with E-state index < -0.39 is 0 Å². The van der Waals surface area contributed by atoms with Gasteiger partial charge >= 0.3 is 0 Å². The smallest absolute Gasteiger partial charge is 0.230 e. The molecule has 31 heavy (non-hydrogen) atoms. The van der Waals surface area contributed by atoms with Crippen molar-refractivity contribution in [2.45, 2.75) is 56.8 Å². The number of hydrogen-bond donors (Lipinski definition) is 1. The molecule has 2 atom stereocenters. The lowest BCUT2D eigenvalue weighted by Crippen LogP contribution is -2.41. The Kier molecular flexibility index (Phi) is 7.41. The molecule has 2 aromatic carbocycles. The third kappa shape index (κ3) is 5.97. The van der Waals surface area contributed by atoms with Gasteiger partial charge in [-0.05, 0) is 29.9 Å². The van der Waals surface area contributed by atoms with Crippen LogP contribution >= 0.6 is 11.8 Å². The van der Waals surface area contributed by atoms with Gasteiger partial charge in [-0.2, -0.15) is 0 Å². The van der Waals surface area contributed by atoms with Crippen molar-refractivity contribution in [3.05, 3.63) is 77.6 Å². The van der Waals surface area contributed by atoms with Gasteiger partial charge < -0.3 is 9.88 Å². The van der Waals surface area contributed by atoms with E-state index in [1.807, 2.05) is 36.4 Å². The molecule has 162 valence electrons. The van der Waals surface area contributed by atoms with Crippen LogP contribution < -0.4 is 5.32 Å². The standard InChI is InChI=1S/C25H30N4OS/c1-19-10-8-9-15-22(19)26-24(30)18-31-25-28-27-23(16-20-11-4-2-5-12-20)29(25)17-21-13-6-3-7-14-21/h2-7,11-14,19,22H,8-10,15-18H2,1H3,(H,26,30)/t19-,22-/m0/s1. The summed E-state index contributed by atoms with van der Waals surface area (Å²) in [6.07, 6.45) is 5.48. The lowest BCUT2D eigenvalue weighted by atomic mass is 9.86. The molecule has 1 N–H and O–H groups in total. The summed E-state index contributed by atoms with van der Waals surface area (Å²) in [6.45, 7) is 2.93. The molecule has 6 heteroatoms. The first-order valence-corrected chi connectivity index (χ1v) is 12.1. The number of hydrogen-bond acceptors (Lipinski definition) is 4. The molecule has 0 bridgehead atoms. The van der Waals surface area contributed by atoms with Crippen LogP contribution in [-0.2, 0) is 17.8 Å². The maximum Gasteiger partial charge on any atom is 0.230 e. The Morgan fingerprint density at radius 2 is 1.68 bits per heavy atom. The minimum atomic E-state index is 0.0858. The number of amides is 1. The molecule has 1 aliphatic carbocycles. The molecule has 0 unspecified atom stereocenters. The Balaban J connectivity index is 1.46. The number of carbonyl (C=O) groups excluding carboxylic acids is 1. The van der Waals surface area contributed by atoms with Gasteiger partial charge in [-0.15, -0.1) is 10.2 Å². The predicted octanol–water partition coefficient (Wildman–Crippen LogP) is 4.70. The molecular formula is C25H30N4OS. The van der Waals surface area contributed by atoms with Crippen LogP contribution in [0.2, 0.25) is 0 Å². The predicted molar refractivity (Wildman–Crippen MR) is 125 cm³/mol. The minimum Gasteiger partial charge on any atom is -0.352 e. The summed E-state index contributed by atoms with van der Waals surface area (Å²) in [5.74, 6) is 1.92. The van der Waals surface area contributed by atoms with Gasteiger partial charge in [0.15, 0.2) is 5.16 Å². The minimum absolute atomic E-state index is 0.0858. The molecule has 0 aliphatic heterocycles. The summed E-state index contributed by atoms with van der Waals surface area (Å²) in [5, 5.41) is 12.9. The van der Waals surface area contributed by atoms with Gasteiger partial charge in [0.2, 0.25) is 5.91 Å². The number of nitrogens with one attached hydrogen (secondary N) is 1. The van der Waals surface area contributed by atoms with Crippen LogP contribution in [0.25, 0.3) is 0 Å². The normalized spacial score (nSPS) is 18.6. The zero-order valence-electron chi connectivity index (χ0n) is 18.0. The first-order chi connectivity index (χ1) is 15.2. The molecule has 1 fully saturated rings. The fraction of sp³-hybridized carbons (Fsp3) is 0.400. The van der Waals surface area contributed by atoms with Crippen molar-refractivity contribution in [1.82, 2.24) is 20.1 Å². The number of rotatable bonds is 8. The summed E-state index contributed by atoms with van der Waals surface area (Å²) < 4.78 is 2.14. The average Bonchev–Trinajstić information content (AvgIpc) is 3.16. The van der Waals surface area contributed by atoms with Gasteiger partial charge in [0.1, 0.15) is 5.82 Å². The highest BCUT2D eigenvalue weighted by Crippen LogP contribution is 2.24. The lowest BCUT2D eigenvalue weighted by Gasteiger charge is -2.29. The average molecular weight is 435 g/mol. The van der Waals surface area contributed by atoms with Crippen LogP contribution in [0, 0.1) is 5.92 Å². The van der Waals surface area contributed by atoms with Crippen LogP contribution in [0.15, 0.2) is 65.8 Å².